The zero-order chi connectivity index (χ0) is 18.9. The fraction of sp³-hybridized carbons (Fsp3) is 0.190. The van der Waals surface area contributed by atoms with Crippen molar-refractivity contribution in [2.75, 3.05) is 36.9 Å². The molecule has 7 nitrogen and oxygen atoms in total. The van der Waals surface area contributed by atoms with Crippen molar-refractivity contribution in [3.8, 4) is 22.6 Å². The number of rotatable bonds is 3. The lowest BCUT2D eigenvalue weighted by Gasteiger charge is -2.29. The molecule has 0 unspecified atom stereocenters. The zero-order valence-corrected chi connectivity index (χ0v) is 15.2. The number of nitrogens with two attached hydrogens (primary N) is 1. The van der Waals surface area contributed by atoms with Crippen molar-refractivity contribution >= 4 is 22.6 Å². The molecule has 0 amide bonds. The monoisotopic (exact) mass is 373 g/mol. The Kier molecular flexibility index (Phi) is 4.14. The first kappa shape index (κ1) is 16.7. The molecule has 4 heterocycles. The van der Waals surface area contributed by atoms with Gasteiger partial charge >= 0.3 is 0 Å². The third-order valence-corrected chi connectivity index (χ3v) is 4.90. The minimum Gasteiger partial charge on any atom is -0.434 e. The molecule has 5 rings (SSSR count). The summed E-state index contributed by atoms with van der Waals surface area (Å²) in [6.07, 6.45) is 5.11. The van der Waals surface area contributed by atoms with E-state index in [4.69, 9.17) is 14.9 Å². The molecule has 140 valence electrons. The summed E-state index contributed by atoms with van der Waals surface area (Å²) in [6, 6.07) is 12.2. The van der Waals surface area contributed by atoms with Crippen molar-refractivity contribution in [3.05, 3.63) is 55.0 Å². The normalized spacial score (nSPS) is 14.5. The fourth-order valence-corrected chi connectivity index (χ4v) is 3.40. The van der Waals surface area contributed by atoms with Gasteiger partial charge in [0.15, 0.2) is 5.58 Å². The molecule has 0 aliphatic carbocycles. The van der Waals surface area contributed by atoms with Crippen molar-refractivity contribution in [3.63, 3.8) is 0 Å². The van der Waals surface area contributed by atoms with Gasteiger partial charge in [-0.2, -0.15) is 0 Å². The van der Waals surface area contributed by atoms with E-state index in [0.717, 1.165) is 42.9 Å². The summed E-state index contributed by atoms with van der Waals surface area (Å²) < 4.78 is 11.3. The minimum absolute atomic E-state index is 0.382. The molecule has 2 N–H and O–H groups in total. The highest BCUT2D eigenvalue weighted by molar-refractivity contribution is 5.81. The highest BCUT2D eigenvalue weighted by Crippen LogP contribution is 2.32. The number of nitrogens with zero attached hydrogens (tertiary/aromatic N) is 4. The summed E-state index contributed by atoms with van der Waals surface area (Å²) in [7, 11) is 0. The van der Waals surface area contributed by atoms with Gasteiger partial charge in [-0.15, -0.1) is 0 Å². The van der Waals surface area contributed by atoms with Gasteiger partial charge in [0.1, 0.15) is 11.3 Å². The smallest absolute Gasteiger partial charge is 0.231 e. The van der Waals surface area contributed by atoms with Gasteiger partial charge in [-0.05, 0) is 29.8 Å². The number of nitrogen functional groups attached to an aromatic ring is 1. The van der Waals surface area contributed by atoms with Crippen LogP contribution in [0.5, 0.6) is 0 Å². The number of ether oxygens (including phenoxy) is 1. The van der Waals surface area contributed by atoms with Crippen molar-refractivity contribution in [2.45, 2.75) is 0 Å². The van der Waals surface area contributed by atoms with E-state index in [1.165, 1.54) is 5.69 Å². The molecule has 1 aliphatic rings. The van der Waals surface area contributed by atoms with Gasteiger partial charge in [0.25, 0.3) is 0 Å². The fourth-order valence-electron chi connectivity index (χ4n) is 3.40. The van der Waals surface area contributed by atoms with Crippen molar-refractivity contribution < 1.29 is 9.15 Å². The van der Waals surface area contributed by atoms with Crippen LogP contribution in [-0.4, -0.2) is 41.3 Å². The standard InChI is InChI=1S/C21H19N5O2/c22-20-17(21-25-18-4-5-23-13-19(18)28-21)11-15(12-24-20)14-2-1-3-16(10-14)26-6-8-27-9-7-26/h1-5,10-13H,6-9H2,(H2,22,24). The first-order valence-corrected chi connectivity index (χ1v) is 9.17. The van der Waals surface area contributed by atoms with Crippen LogP contribution in [0.2, 0.25) is 0 Å². The third-order valence-electron chi connectivity index (χ3n) is 4.90. The zero-order valence-electron chi connectivity index (χ0n) is 15.2. The molecular weight excluding hydrogens is 354 g/mol. The summed E-state index contributed by atoms with van der Waals surface area (Å²) in [6.45, 7) is 3.30. The lowest BCUT2D eigenvalue weighted by Crippen LogP contribution is -2.36. The van der Waals surface area contributed by atoms with E-state index in [1.807, 2.05) is 12.1 Å². The van der Waals surface area contributed by atoms with Crippen LogP contribution in [0, 0.1) is 0 Å². The molecule has 0 radical (unpaired) electrons. The maximum atomic E-state index is 6.12. The Bertz CT molecular complexity index is 1100. The van der Waals surface area contributed by atoms with Crippen LogP contribution in [0.25, 0.3) is 33.7 Å². The first-order valence-electron chi connectivity index (χ1n) is 9.17. The van der Waals surface area contributed by atoms with Crippen LogP contribution in [0.1, 0.15) is 0 Å². The van der Waals surface area contributed by atoms with E-state index in [2.05, 4.69) is 44.1 Å². The molecule has 0 atom stereocenters. The van der Waals surface area contributed by atoms with Crippen LogP contribution < -0.4 is 10.6 Å². The van der Waals surface area contributed by atoms with Crippen LogP contribution in [0.15, 0.2) is 59.4 Å². The molecule has 3 aromatic heterocycles. The number of hydrogen-bond acceptors (Lipinski definition) is 7. The molecule has 1 aliphatic heterocycles. The Morgan fingerprint density at radius 1 is 1.00 bits per heavy atom. The van der Waals surface area contributed by atoms with Crippen LogP contribution in [0.4, 0.5) is 11.5 Å². The quantitative estimate of drug-likeness (QED) is 0.589. The van der Waals surface area contributed by atoms with E-state index in [1.54, 1.807) is 18.6 Å². The lowest BCUT2D eigenvalue weighted by molar-refractivity contribution is 0.122. The van der Waals surface area contributed by atoms with Crippen molar-refractivity contribution in [1.29, 1.82) is 0 Å². The van der Waals surface area contributed by atoms with E-state index in [-0.39, 0.29) is 0 Å². The molecule has 28 heavy (non-hydrogen) atoms. The molecule has 1 fully saturated rings. The van der Waals surface area contributed by atoms with Gasteiger partial charge in [0.05, 0.1) is 25.0 Å². The van der Waals surface area contributed by atoms with Crippen LogP contribution in [-0.2, 0) is 4.74 Å². The predicted molar refractivity (Wildman–Crippen MR) is 108 cm³/mol. The predicted octanol–water partition coefficient (Wildman–Crippen LogP) is 3.37. The number of fused-ring (bicyclic) bond motifs is 1. The number of anilines is 2. The Balaban J connectivity index is 1.54. The average molecular weight is 373 g/mol. The van der Waals surface area contributed by atoms with Gasteiger partial charge < -0.3 is 19.8 Å². The molecule has 4 aromatic rings. The second-order valence-corrected chi connectivity index (χ2v) is 6.67. The second-order valence-electron chi connectivity index (χ2n) is 6.67. The van der Waals surface area contributed by atoms with Crippen molar-refractivity contribution in [1.82, 2.24) is 15.0 Å². The Morgan fingerprint density at radius 2 is 1.89 bits per heavy atom. The lowest BCUT2D eigenvalue weighted by atomic mass is 10.0. The van der Waals surface area contributed by atoms with E-state index >= 15 is 0 Å². The Labute approximate surface area is 161 Å². The number of hydrogen-bond donors (Lipinski definition) is 1. The van der Waals surface area contributed by atoms with Gasteiger partial charge in [0, 0.05) is 36.7 Å². The van der Waals surface area contributed by atoms with Gasteiger partial charge in [-0.25, -0.2) is 9.97 Å². The molecule has 1 saturated heterocycles. The average Bonchev–Trinajstić information content (AvgIpc) is 3.19. The van der Waals surface area contributed by atoms with E-state index in [0.29, 0.717) is 22.9 Å². The minimum atomic E-state index is 0.382. The van der Waals surface area contributed by atoms with E-state index < -0.39 is 0 Å². The summed E-state index contributed by atoms with van der Waals surface area (Å²) >= 11 is 0. The SMILES string of the molecule is Nc1ncc(-c2cccc(N3CCOCC3)c2)cc1-c1nc2ccncc2o1. The molecular formula is C21H19N5O2. The number of oxazole rings is 1. The summed E-state index contributed by atoms with van der Waals surface area (Å²) in [5, 5.41) is 0. The summed E-state index contributed by atoms with van der Waals surface area (Å²) in [4.78, 5) is 15.3. The molecule has 1 aromatic carbocycles. The Hall–Kier alpha value is -3.45. The van der Waals surface area contributed by atoms with E-state index in [9.17, 15) is 0 Å². The summed E-state index contributed by atoms with van der Waals surface area (Å²) in [5.74, 6) is 0.826. The largest absolute Gasteiger partial charge is 0.434 e. The van der Waals surface area contributed by atoms with Crippen LogP contribution >= 0.6 is 0 Å². The highest BCUT2D eigenvalue weighted by atomic mass is 16.5. The molecule has 0 spiro atoms. The summed E-state index contributed by atoms with van der Waals surface area (Å²) in [5.41, 5.74) is 11.3. The molecule has 7 heteroatoms. The number of morpholine rings is 1. The Morgan fingerprint density at radius 3 is 2.75 bits per heavy atom. The number of benzene rings is 1. The van der Waals surface area contributed by atoms with Crippen LogP contribution in [0.3, 0.4) is 0 Å². The van der Waals surface area contributed by atoms with Gasteiger partial charge in [0.2, 0.25) is 5.89 Å². The molecule has 0 bridgehead atoms. The first-order chi connectivity index (χ1) is 13.8. The topological polar surface area (TPSA) is 90.3 Å². The maximum absolute atomic E-state index is 6.12. The third kappa shape index (κ3) is 3.05. The van der Waals surface area contributed by atoms with Gasteiger partial charge in [-0.3, -0.25) is 4.98 Å². The number of aromatic nitrogens is 3. The highest BCUT2D eigenvalue weighted by Gasteiger charge is 2.15. The second kappa shape index (κ2) is 6.94. The molecule has 0 saturated carbocycles. The van der Waals surface area contributed by atoms with Gasteiger partial charge in [-0.1, -0.05) is 12.1 Å². The number of pyridine rings is 2. The van der Waals surface area contributed by atoms with Crippen molar-refractivity contribution in [2.24, 2.45) is 0 Å². The maximum Gasteiger partial charge on any atom is 0.231 e.